The minimum absolute atomic E-state index is 0.0712. The number of carbonyl (C=O) groups is 2. The summed E-state index contributed by atoms with van der Waals surface area (Å²) in [4.78, 5) is 27.9. The predicted octanol–water partition coefficient (Wildman–Crippen LogP) is 1.28. The molecular formula is C10H9BrN2O3. The van der Waals surface area contributed by atoms with Gasteiger partial charge in [-0.2, -0.15) is 0 Å². The molecule has 0 aliphatic carbocycles. The lowest BCUT2D eigenvalue weighted by atomic mass is 10.2. The molecule has 1 aliphatic rings. The molecule has 1 amide bonds. The number of rotatable bonds is 2. The van der Waals surface area contributed by atoms with E-state index in [2.05, 4.69) is 20.9 Å². The molecule has 2 heterocycles. The number of aromatic nitrogens is 1. The van der Waals surface area contributed by atoms with Crippen molar-refractivity contribution in [3.8, 4) is 0 Å². The standard InChI is InChI=1S/C10H9BrN2O3/c11-6-4-8(14)13(5-6)7-2-1-3-12-9(7)10(15)16/h1-3,6H,4-5H2,(H,15,16). The summed E-state index contributed by atoms with van der Waals surface area (Å²) in [5.74, 6) is -1.21. The van der Waals surface area contributed by atoms with Gasteiger partial charge in [0.05, 0.1) is 5.69 Å². The minimum atomic E-state index is -1.12. The topological polar surface area (TPSA) is 70.5 Å². The number of carboxylic acid groups (broad SMARTS) is 1. The van der Waals surface area contributed by atoms with Gasteiger partial charge in [0.25, 0.3) is 0 Å². The van der Waals surface area contributed by atoms with Gasteiger partial charge in [0.2, 0.25) is 5.91 Å². The molecule has 6 heteroatoms. The van der Waals surface area contributed by atoms with Crippen molar-refractivity contribution in [2.24, 2.45) is 0 Å². The van der Waals surface area contributed by atoms with Crippen molar-refractivity contribution < 1.29 is 14.7 Å². The molecule has 0 aromatic carbocycles. The van der Waals surface area contributed by atoms with Crippen LogP contribution in [0, 0.1) is 0 Å². The first-order valence-electron chi connectivity index (χ1n) is 4.72. The molecule has 0 bridgehead atoms. The van der Waals surface area contributed by atoms with Crippen LogP contribution < -0.4 is 4.90 Å². The van der Waals surface area contributed by atoms with E-state index in [-0.39, 0.29) is 16.4 Å². The van der Waals surface area contributed by atoms with Crippen LogP contribution in [0.5, 0.6) is 0 Å². The van der Waals surface area contributed by atoms with Crippen molar-refractivity contribution in [1.29, 1.82) is 0 Å². The third kappa shape index (κ3) is 1.92. The number of hydrogen-bond acceptors (Lipinski definition) is 3. The zero-order chi connectivity index (χ0) is 11.7. The Balaban J connectivity index is 2.40. The summed E-state index contributed by atoms with van der Waals surface area (Å²) in [6.45, 7) is 0.477. The van der Waals surface area contributed by atoms with Crippen LogP contribution in [0.25, 0.3) is 0 Å². The number of carbonyl (C=O) groups excluding carboxylic acids is 1. The average Bonchev–Trinajstić information content (AvgIpc) is 2.57. The molecule has 2 rings (SSSR count). The molecule has 16 heavy (non-hydrogen) atoms. The Kier molecular flexibility index (Phi) is 2.91. The molecule has 0 saturated carbocycles. The Morgan fingerprint density at radius 1 is 1.62 bits per heavy atom. The van der Waals surface area contributed by atoms with E-state index in [1.165, 1.54) is 11.1 Å². The van der Waals surface area contributed by atoms with Gasteiger partial charge in [-0.25, -0.2) is 9.78 Å². The molecular weight excluding hydrogens is 276 g/mol. The molecule has 5 nitrogen and oxygen atoms in total. The molecule has 1 saturated heterocycles. The third-order valence-corrected chi connectivity index (χ3v) is 2.97. The summed E-state index contributed by atoms with van der Waals surface area (Å²) < 4.78 is 0. The SMILES string of the molecule is O=C(O)c1ncccc1N1CC(Br)CC1=O. The summed E-state index contributed by atoms with van der Waals surface area (Å²) in [5, 5.41) is 8.97. The molecule has 1 N–H and O–H groups in total. The van der Waals surface area contributed by atoms with Gasteiger partial charge in [0.1, 0.15) is 0 Å². The summed E-state index contributed by atoms with van der Waals surface area (Å²) in [6, 6.07) is 3.22. The van der Waals surface area contributed by atoms with Gasteiger partial charge in [-0.1, -0.05) is 15.9 Å². The first kappa shape index (κ1) is 11.1. The van der Waals surface area contributed by atoms with Crippen molar-refractivity contribution in [2.45, 2.75) is 11.2 Å². The van der Waals surface area contributed by atoms with Crippen molar-refractivity contribution >= 4 is 33.5 Å². The average molecular weight is 285 g/mol. The Hall–Kier alpha value is -1.43. The highest BCUT2D eigenvalue weighted by Crippen LogP contribution is 2.26. The number of alkyl halides is 1. The number of aromatic carboxylic acids is 1. The fourth-order valence-corrected chi connectivity index (χ4v) is 2.24. The Morgan fingerprint density at radius 2 is 2.38 bits per heavy atom. The van der Waals surface area contributed by atoms with Crippen molar-refractivity contribution in [2.75, 3.05) is 11.4 Å². The third-order valence-electron chi connectivity index (χ3n) is 2.36. The fourth-order valence-electron chi connectivity index (χ4n) is 1.68. The number of amides is 1. The number of pyridine rings is 1. The van der Waals surface area contributed by atoms with Crippen LogP contribution >= 0.6 is 15.9 Å². The van der Waals surface area contributed by atoms with Gasteiger partial charge in [0.15, 0.2) is 5.69 Å². The monoisotopic (exact) mass is 284 g/mol. The van der Waals surface area contributed by atoms with Crippen molar-refractivity contribution in [1.82, 2.24) is 4.98 Å². The van der Waals surface area contributed by atoms with Crippen LogP contribution in [0.15, 0.2) is 18.3 Å². The molecule has 1 atom stereocenters. The maximum absolute atomic E-state index is 11.6. The lowest BCUT2D eigenvalue weighted by Gasteiger charge is -2.17. The summed E-state index contributed by atoms with van der Waals surface area (Å²) in [5.41, 5.74) is 0.277. The normalized spacial score (nSPS) is 20.2. The largest absolute Gasteiger partial charge is 0.476 e. The van der Waals surface area contributed by atoms with Gasteiger partial charge in [-0.05, 0) is 12.1 Å². The first-order chi connectivity index (χ1) is 7.59. The Morgan fingerprint density at radius 3 is 2.94 bits per heavy atom. The lowest BCUT2D eigenvalue weighted by Crippen LogP contribution is -2.27. The van der Waals surface area contributed by atoms with E-state index in [4.69, 9.17) is 5.11 Å². The van der Waals surface area contributed by atoms with E-state index in [1.807, 2.05) is 0 Å². The van der Waals surface area contributed by atoms with Gasteiger partial charge < -0.3 is 10.0 Å². The van der Waals surface area contributed by atoms with Crippen LogP contribution in [-0.4, -0.2) is 33.3 Å². The molecule has 1 aliphatic heterocycles. The highest BCUT2D eigenvalue weighted by molar-refractivity contribution is 9.09. The van der Waals surface area contributed by atoms with Gasteiger partial charge in [-0.3, -0.25) is 4.79 Å². The van der Waals surface area contributed by atoms with E-state index in [0.29, 0.717) is 18.7 Å². The second-order valence-electron chi connectivity index (χ2n) is 3.48. The quantitative estimate of drug-likeness (QED) is 0.831. The second-order valence-corrected chi connectivity index (χ2v) is 4.78. The second kappa shape index (κ2) is 4.21. The number of nitrogens with zero attached hydrogens (tertiary/aromatic N) is 2. The molecule has 84 valence electrons. The number of carboxylic acids is 1. The zero-order valence-corrected chi connectivity index (χ0v) is 9.85. The predicted molar refractivity (Wildman–Crippen MR) is 60.9 cm³/mol. The maximum atomic E-state index is 11.6. The number of anilines is 1. The molecule has 1 aromatic rings. The van der Waals surface area contributed by atoms with Crippen LogP contribution in [-0.2, 0) is 4.79 Å². The molecule has 1 fully saturated rings. The van der Waals surface area contributed by atoms with E-state index >= 15 is 0 Å². The maximum Gasteiger partial charge on any atom is 0.356 e. The number of hydrogen-bond donors (Lipinski definition) is 1. The van der Waals surface area contributed by atoms with Crippen LogP contribution in [0.1, 0.15) is 16.9 Å². The molecule has 0 spiro atoms. The lowest BCUT2D eigenvalue weighted by molar-refractivity contribution is -0.117. The van der Waals surface area contributed by atoms with E-state index in [0.717, 1.165) is 0 Å². The van der Waals surface area contributed by atoms with Crippen LogP contribution in [0.2, 0.25) is 0 Å². The Bertz CT molecular complexity index is 449. The van der Waals surface area contributed by atoms with Gasteiger partial charge >= 0.3 is 5.97 Å². The first-order valence-corrected chi connectivity index (χ1v) is 5.64. The smallest absolute Gasteiger partial charge is 0.356 e. The molecule has 1 unspecified atom stereocenters. The van der Waals surface area contributed by atoms with Crippen molar-refractivity contribution in [3.63, 3.8) is 0 Å². The highest BCUT2D eigenvalue weighted by atomic mass is 79.9. The van der Waals surface area contributed by atoms with E-state index < -0.39 is 5.97 Å². The van der Waals surface area contributed by atoms with Gasteiger partial charge in [0, 0.05) is 24.0 Å². The summed E-state index contributed by atoms with van der Waals surface area (Å²) in [6.07, 6.45) is 1.78. The highest BCUT2D eigenvalue weighted by Gasteiger charge is 2.31. The minimum Gasteiger partial charge on any atom is -0.476 e. The fraction of sp³-hybridized carbons (Fsp3) is 0.300. The van der Waals surface area contributed by atoms with E-state index in [9.17, 15) is 9.59 Å². The number of halogens is 1. The van der Waals surface area contributed by atoms with Crippen molar-refractivity contribution in [3.05, 3.63) is 24.0 Å². The van der Waals surface area contributed by atoms with Gasteiger partial charge in [-0.15, -0.1) is 0 Å². The summed E-state index contributed by atoms with van der Waals surface area (Å²) in [7, 11) is 0. The summed E-state index contributed by atoms with van der Waals surface area (Å²) >= 11 is 3.35. The van der Waals surface area contributed by atoms with Crippen LogP contribution in [0.4, 0.5) is 5.69 Å². The Labute approximate surface area is 100 Å². The molecule has 1 aromatic heterocycles. The van der Waals surface area contributed by atoms with Crippen LogP contribution in [0.3, 0.4) is 0 Å². The zero-order valence-electron chi connectivity index (χ0n) is 8.26. The van der Waals surface area contributed by atoms with E-state index in [1.54, 1.807) is 12.1 Å². The molecule has 0 radical (unpaired) electrons.